The first-order valence-corrected chi connectivity index (χ1v) is 12.7. The number of nitrogens with one attached hydrogen (secondary N) is 2. The fraction of sp³-hybridized carbons (Fsp3) is 0.375. The number of rotatable bonds is 8. The summed E-state index contributed by atoms with van der Waals surface area (Å²) in [7, 11) is -3.54. The highest BCUT2D eigenvalue weighted by Crippen LogP contribution is 2.24. The van der Waals surface area contributed by atoms with Gasteiger partial charge in [0.15, 0.2) is 0 Å². The van der Waals surface area contributed by atoms with Crippen molar-refractivity contribution in [1.29, 1.82) is 0 Å². The summed E-state index contributed by atoms with van der Waals surface area (Å²) in [4.78, 5) is 38.9. The Hall–Kier alpha value is -3.24. The number of benzene rings is 2. The van der Waals surface area contributed by atoms with Crippen LogP contribution in [0.15, 0.2) is 59.5 Å². The van der Waals surface area contributed by atoms with Crippen LogP contribution in [0.5, 0.6) is 0 Å². The third kappa shape index (κ3) is 4.97. The molecule has 1 atom stereocenters. The Labute approximate surface area is 199 Å². The van der Waals surface area contributed by atoms with Gasteiger partial charge in [0.05, 0.1) is 4.90 Å². The summed E-state index contributed by atoms with van der Waals surface area (Å²) in [6, 6.07) is 14.9. The molecule has 0 radical (unpaired) electrons. The van der Waals surface area contributed by atoms with E-state index in [1.54, 1.807) is 6.92 Å². The number of sulfonamides is 1. The molecule has 0 spiro atoms. The zero-order valence-corrected chi connectivity index (χ0v) is 19.8. The molecule has 2 N–H and O–H groups in total. The van der Waals surface area contributed by atoms with Gasteiger partial charge in [-0.2, -0.15) is 4.31 Å². The van der Waals surface area contributed by atoms with Gasteiger partial charge in [-0.25, -0.2) is 13.2 Å². The molecule has 2 aromatic rings. The molecule has 0 saturated carbocycles. The van der Waals surface area contributed by atoms with Crippen LogP contribution >= 0.6 is 0 Å². The van der Waals surface area contributed by atoms with E-state index in [0.29, 0.717) is 31.6 Å². The SMILES string of the molecule is C[C@@]1(CCc2ccccc2)NC(=O)N(CC(=O)Nc2ccc(S(=O)(=O)N3CCCC3)cc2)C1=O. The molecule has 2 fully saturated rings. The number of amides is 4. The summed E-state index contributed by atoms with van der Waals surface area (Å²) in [6.45, 7) is 2.25. The van der Waals surface area contributed by atoms with Crippen LogP contribution in [0.1, 0.15) is 31.7 Å². The number of nitrogens with zero attached hydrogens (tertiary/aromatic N) is 2. The van der Waals surface area contributed by atoms with Gasteiger partial charge in [0, 0.05) is 18.8 Å². The molecular formula is C24H28N4O5S. The third-order valence-corrected chi connectivity index (χ3v) is 8.16. The molecule has 2 aromatic carbocycles. The Kier molecular flexibility index (Phi) is 6.72. The molecular weight excluding hydrogens is 456 g/mol. The smallest absolute Gasteiger partial charge is 0.325 e. The number of hydrogen-bond acceptors (Lipinski definition) is 5. The second kappa shape index (κ2) is 9.55. The van der Waals surface area contributed by atoms with Crippen LogP contribution in [-0.2, 0) is 26.0 Å². The second-order valence-corrected chi connectivity index (χ2v) is 10.8. The first kappa shape index (κ1) is 23.9. The maximum atomic E-state index is 12.9. The van der Waals surface area contributed by atoms with Gasteiger partial charge in [-0.3, -0.25) is 14.5 Å². The summed E-state index contributed by atoms with van der Waals surface area (Å²) in [6.07, 6.45) is 2.71. The number of imide groups is 1. The minimum Gasteiger partial charge on any atom is -0.325 e. The topological polar surface area (TPSA) is 116 Å². The number of carbonyl (C=O) groups excluding carboxylic acids is 3. The van der Waals surface area contributed by atoms with Gasteiger partial charge in [0.1, 0.15) is 12.1 Å². The van der Waals surface area contributed by atoms with E-state index in [1.165, 1.54) is 28.6 Å². The molecule has 2 aliphatic rings. The predicted octanol–water partition coefficient (Wildman–Crippen LogP) is 2.35. The molecule has 9 nitrogen and oxygen atoms in total. The van der Waals surface area contributed by atoms with Crippen molar-refractivity contribution < 1.29 is 22.8 Å². The normalized spacial score (nSPS) is 21.0. The van der Waals surface area contributed by atoms with Crippen molar-refractivity contribution in [3.05, 3.63) is 60.2 Å². The molecule has 0 bridgehead atoms. The lowest BCUT2D eigenvalue weighted by Crippen LogP contribution is -2.45. The lowest BCUT2D eigenvalue weighted by Gasteiger charge is -2.21. The number of hydrogen-bond donors (Lipinski definition) is 2. The van der Waals surface area contributed by atoms with Gasteiger partial charge in [0.25, 0.3) is 5.91 Å². The third-order valence-electron chi connectivity index (χ3n) is 6.24. The van der Waals surface area contributed by atoms with Crippen LogP contribution < -0.4 is 10.6 Å². The van der Waals surface area contributed by atoms with Crippen molar-refractivity contribution in [3.63, 3.8) is 0 Å². The fourth-order valence-corrected chi connectivity index (χ4v) is 5.75. The first-order chi connectivity index (χ1) is 16.2. The molecule has 0 unspecified atom stereocenters. The fourth-order valence-electron chi connectivity index (χ4n) is 4.23. The maximum Gasteiger partial charge on any atom is 0.325 e. The van der Waals surface area contributed by atoms with E-state index in [-0.39, 0.29) is 4.90 Å². The molecule has 2 saturated heterocycles. The first-order valence-electron chi connectivity index (χ1n) is 11.3. The molecule has 10 heteroatoms. The number of anilines is 1. The summed E-state index contributed by atoms with van der Waals surface area (Å²) >= 11 is 0. The molecule has 34 heavy (non-hydrogen) atoms. The predicted molar refractivity (Wildman–Crippen MR) is 126 cm³/mol. The molecule has 0 aliphatic carbocycles. The lowest BCUT2D eigenvalue weighted by molar-refractivity contribution is -0.133. The highest BCUT2D eigenvalue weighted by atomic mass is 32.2. The van der Waals surface area contributed by atoms with Crippen molar-refractivity contribution in [2.45, 2.75) is 43.0 Å². The number of urea groups is 1. The van der Waals surface area contributed by atoms with Crippen LogP contribution in [0.2, 0.25) is 0 Å². The highest BCUT2D eigenvalue weighted by molar-refractivity contribution is 7.89. The average Bonchev–Trinajstić information content (AvgIpc) is 3.44. The van der Waals surface area contributed by atoms with Crippen molar-refractivity contribution in [2.24, 2.45) is 0 Å². The van der Waals surface area contributed by atoms with Crippen molar-refractivity contribution in [1.82, 2.24) is 14.5 Å². The molecule has 4 amide bonds. The van der Waals surface area contributed by atoms with E-state index in [2.05, 4.69) is 10.6 Å². The Morgan fingerprint density at radius 2 is 1.68 bits per heavy atom. The summed E-state index contributed by atoms with van der Waals surface area (Å²) in [5, 5.41) is 5.33. The highest BCUT2D eigenvalue weighted by Gasteiger charge is 2.47. The second-order valence-electron chi connectivity index (χ2n) is 8.82. The monoisotopic (exact) mass is 484 g/mol. The zero-order chi connectivity index (χ0) is 24.3. The molecule has 2 aliphatic heterocycles. The van der Waals surface area contributed by atoms with Crippen LogP contribution in [0, 0.1) is 0 Å². The minimum atomic E-state index is -3.54. The quantitative estimate of drug-likeness (QED) is 0.558. The minimum absolute atomic E-state index is 0.163. The number of aryl methyl sites for hydroxylation is 1. The van der Waals surface area contributed by atoms with E-state index >= 15 is 0 Å². The standard InChI is InChI=1S/C24H28N4O5S/c1-24(14-13-18-7-3-2-4-8-18)22(30)28(23(31)26-24)17-21(29)25-19-9-11-20(12-10-19)34(32,33)27-15-5-6-16-27/h2-4,7-12H,5-6,13-17H2,1H3,(H,25,29)(H,26,31)/t24-/m0/s1. The van der Waals surface area contributed by atoms with E-state index < -0.39 is 40.0 Å². The molecule has 0 aromatic heterocycles. The molecule has 2 heterocycles. The van der Waals surface area contributed by atoms with Gasteiger partial charge in [-0.15, -0.1) is 0 Å². The van der Waals surface area contributed by atoms with Crippen molar-refractivity contribution >= 4 is 33.6 Å². The summed E-state index contributed by atoms with van der Waals surface area (Å²) < 4.78 is 26.7. The molecule has 180 valence electrons. The molecule has 4 rings (SSSR count). The lowest BCUT2D eigenvalue weighted by atomic mass is 9.93. The van der Waals surface area contributed by atoms with E-state index in [1.807, 2.05) is 30.3 Å². The largest absolute Gasteiger partial charge is 0.325 e. The Morgan fingerprint density at radius 3 is 2.32 bits per heavy atom. The number of carbonyl (C=O) groups is 3. The van der Waals surface area contributed by atoms with Crippen LogP contribution in [0.25, 0.3) is 0 Å². The van der Waals surface area contributed by atoms with Gasteiger partial charge < -0.3 is 10.6 Å². The van der Waals surface area contributed by atoms with E-state index in [4.69, 9.17) is 0 Å². The van der Waals surface area contributed by atoms with Gasteiger partial charge >= 0.3 is 6.03 Å². The summed E-state index contributed by atoms with van der Waals surface area (Å²) in [5.74, 6) is -0.999. The Morgan fingerprint density at radius 1 is 1.03 bits per heavy atom. The van der Waals surface area contributed by atoms with Gasteiger partial charge in [0.2, 0.25) is 15.9 Å². The maximum absolute atomic E-state index is 12.9. The Balaban J connectivity index is 1.35. The van der Waals surface area contributed by atoms with Gasteiger partial charge in [-0.1, -0.05) is 30.3 Å². The average molecular weight is 485 g/mol. The van der Waals surface area contributed by atoms with Crippen LogP contribution in [-0.4, -0.2) is 60.6 Å². The zero-order valence-electron chi connectivity index (χ0n) is 19.0. The van der Waals surface area contributed by atoms with Crippen LogP contribution in [0.4, 0.5) is 10.5 Å². The van der Waals surface area contributed by atoms with Crippen molar-refractivity contribution in [3.8, 4) is 0 Å². The van der Waals surface area contributed by atoms with E-state index in [0.717, 1.165) is 23.3 Å². The van der Waals surface area contributed by atoms with Crippen molar-refractivity contribution in [2.75, 3.05) is 25.0 Å². The summed E-state index contributed by atoms with van der Waals surface area (Å²) in [5.41, 5.74) is 0.347. The van der Waals surface area contributed by atoms with Crippen LogP contribution in [0.3, 0.4) is 0 Å². The van der Waals surface area contributed by atoms with E-state index in [9.17, 15) is 22.8 Å². The Bertz CT molecular complexity index is 1180. The van der Waals surface area contributed by atoms with Gasteiger partial charge in [-0.05, 0) is 62.4 Å².